The van der Waals surface area contributed by atoms with Crippen LogP contribution in [0.15, 0.2) is 53.4 Å². The van der Waals surface area contributed by atoms with E-state index in [1.165, 1.54) is 36.4 Å². The molecule has 0 fully saturated rings. The summed E-state index contributed by atoms with van der Waals surface area (Å²) in [5.74, 6) is 0.155. The number of hydrogen-bond acceptors (Lipinski definition) is 3. The Bertz CT molecular complexity index is 669. The van der Waals surface area contributed by atoms with Gasteiger partial charge in [-0.05, 0) is 42.0 Å². The number of halogens is 1. The number of sulfonamides is 1. The summed E-state index contributed by atoms with van der Waals surface area (Å²) in [4.78, 5) is 0.0191. The van der Waals surface area contributed by atoms with Crippen molar-refractivity contribution in [3.8, 4) is 5.75 Å². The Morgan fingerprint density at radius 2 is 1.79 bits per heavy atom. The van der Waals surface area contributed by atoms with Crippen molar-refractivity contribution in [2.24, 2.45) is 5.14 Å². The third-order valence-corrected chi connectivity index (χ3v) is 3.38. The zero-order valence-corrected chi connectivity index (χ0v) is 10.7. The molecule has 0 atom stereocenters. The van der Waals surface area contributed by atoms with E-state index in [-0.39, 0.29) is 17.3 Å². The molecule has 100 valence electrons. The summed E-state index contributed by atoms with van der Waals surface area (Å²) in [5.41, 5.74) is 0.690. The van der Waals surface area contributed by atoms with Gasteiger partial charge in [-0.2, -0.15) is 0 Å². The van der Waals surface area contributed by atoms with Crippen LogP contribution in [-0.4, -0.2) is 8.42 Å². The molecule has 19 heavy (non-hydrogen) atoms. The minimum Gasteiger partial charge on any atom is -0.489 e. The van der Waals surface area contributed by atoms with Gasteiger partial charge in [0.05, 0.1) is 4.90 Å². The minimum absolute atomic E-state index is 0.0191. The molecular weight excluding hydrogens is 269 g/mol. The lowest BCUT2D eigenvalue weighted by molar-refractivity contribution is 0.305. The normalized spacial score (nSPS) is 11.3. The first-order valence-corrected chi connectivity index (χ1v) is 7.00. The van der Waals surface area contributed by atoms with E-state index in [0.717, 1.165) is 0 Å². The monoisotopic (exact) mass is 281 g/mol. The fraction of sp³-hybridized carbons (Fsp3) is 0.0769. The highest BCUT2D eigenvalue weighted by Crippen LogP contribution is 2.16. The predicted molar refractivity (Wildman–Crippen MR) is 68.5 cm³/mol. The molecule has 2 N–H and O–H groups in total. The molecular formula is C13H12FNO3S. The molecule has 0 saturated heterocycles. The van der Waals surface area contributed by atoms with Crippen molar-refractivity contribution in [2.75, 3.05) is 0 Å². The van der Waals surface area contributed by atoms with Gasteiger partial charge in [0, 0.05) is 0 Å². The van der Waals surface area contributed by atoms with E-state index in [4.69, 9.17) is 9.88 Å². The molecule has 6 heteroatoms. The van der Waals surface area contributed by atoms with Crippen molar-refractivity contribution in [1.29, 1.82) is 0 Å². The highest BCUT2D eigenvalue weighted by molar-refractivity contribution is 7.89. The van der Waals surface area contributed by atoms with Gasteiger partial charge < -0.3 is 4.74 Å². The first-order valence-electron chi connectivity index (χ1n) is 5.45. The van der Waals surface area contributed by atoms with Crippen LogP contribution in [0.5, 0.6) is 5.75 Å². The van der Waals surface area contributed by atoms with Crippen molar-refractivity contribution in [3.05, 3.63) is 59.9 Å². The highest BCUT2D eigenvalue weighted by Gasteiger charge is 2.07. The Kier molecular flexibility index (Phi) is 3.82. The topological polar surface area (TPSA) is 69.4 Å². The van der Waals surface area contributed by atoms with E-state index in [9.17, 15) is 12.8 Å². The average Bonchev–Trinajstić information content (AvgIpc) is 2.36. The van der Waals surface area contributed by atoms with Crippen LogP contribution in [-0.2, 0) is 16.6 Å². The molecule has 0 aliphatic rings. The Morgan fingerprint density at radius 1 is 1.11 bits per heavy atom. The number of ether oxygens (including phenoxy) is 1. The van der Waals surface area contributed by atoms with Gasteiger partial charge in [-0.25, -0.2) is 17.9 Å². The van der Waals surface area contributed by atoms with Crippen molar-refractivity contribution in [3.63, 3.8) is 0 Å². The Hall–Kier alpha value is -1.92. The molecule has 0 saturated carbocycles. The molecule has 0 bridgehead atoms. The first kappa shape index (κ1) is 13.5. The van der Waals surface area contributed by atoms with Crippen LogP contribution in [0.3, 0.4) is 0 Å². The number of hydrogen-bond donors (Lipinski definition) is 1. The summed E-state index contributed by atoms with van der Waals surface area (Å²) in [6, 6.07) is 11.8. The number of primary sulfonamides is 1. The summed E-state index contributed by atoms with van der Waals surface area (Å²) < 4.78 is 40.5. The third-order valence-electron chi connectivity index (χ3n) is 2.45. The molecule has 2 rings (SSSR count). The van der Waals surface area contributed by atoms with Crippen LogP contribution in [0.4, 0.5) is 4.39 Å². The molecule has 0 heterocycles. The van der Waals surface area contributed by atoms with E-state index < -0.39 is 10.0 Å². The minimum atomic E-state index is -3.70. The highest BCUT2D eigenvalue weighted by atomic mass is 32.2. The molecule has 2 aromatic rings. The zero-order valence-electron chi connectivity index (χ0n) is 9.91. The van der Waals surface area contributed by atoms with Gasteiger partial charge in [0.15, 0.2) is 0 Å². The molecule has 0 aromatic heterocycles. The number of benzene rings is 2. The summed E-state index contributed by atoms with van der Waals surface area (Å²) in [7, 11) is -3.70. The van der Waals surface area contributed by atoms with Crippen LogP contribution in [0.25, 0.3) is 0 Å². The fourth-order valence-electron chi connectivity index (χ4n) is 1.52. The molecule has 0 amide bonds. The van der Waals surface area contributed by atoms with Gasteiger partial charge in [0.1, 0.15) is 18.2 Å². The van der Waals surface area contributed by atoms with Crippen molar-refractivity contribution in [2.45, 2.75) is 11.5 Å². The molecule has 0 unspecified atom stereocenters. The lowest BCUT2D eigenvalue weighted by Gasteiger charge is -2.07. The molecule has 0 radical (unpaired) electrons. The lowest BCUT2D eigenvalue weighted by Crippen LogP contribution is -2.11. The molecule has 0 aliphatic heterocycles. The summed E-state index contributed by atoms with van der Waals surface area (Å²) >= 11 is 0. The van der Waals surface area contributed by atoms with Gasteiger partial charge in [0.25, 0.3) is 0 Å². The Labute approximate surface area is 110 Å². The van der Waals surface area contributed by atoms with E-state index in [2.05, 4.69) is 0 Å². The SMILES string of the molecule is NS(=O)(=O)c1ccc(OCc2cccc(F)c2)cc1. The largest absolute Gasteiger partial charge is 0.489 e. The van der Waals surface area contributed by atoms with Gasteiger partial charge in [0.2, 0.25) is 10.0 Å². The Balaban J connectivity index is 2.05. The van der Waals surface area contributed by atoms with Gasteiger partial charge in [-0.3, -0.25) is 0 Å². The van der Waals surface area contributed by atoms with E-state index in [0.29, 0.717) is 11.3 Å². The van der Waals surface area contributed by atoms with Gasteiger partial charge in [-0.15, -0.1) is 0 Å². The molecule has 2 aromatic carbocycles. The van der Waals surface area contributed by atoms with E-state index in [1.807, 2.05) is 0 Å². The fourth-order valence-corrected chi connectivity index (χ4v) is 2.03. The smallest absolute Gasteiger partial charge is 0.238 e. The maximum Gasteiger partial charge on any atom is 0.238 e. The standard InChI is InChI=1S/C13H12FNO3S/c14-11-3-1-2-10(8-11)9-18-12-4-6-13(7-5-12)19(15,16)17/h1-8H,9H2,(H2,15,16,17). The van der Waals surface area contributed by atoms with Crippen LogP contribution in [0.2, 0.25) is 0 Å². The van der Waals surface area contributed by atoms with Crippen LogP contribution < -0.4 is 9.88 Å². The molecule has 4 nitrogen and oxygen atoms in total. The first-order chi connectivity index (χ1) is 8.95. The number of nitrogens with two attached hydrogens (primary N) is 1. The van der Waals surface area contributed by atoms with Crippen LogP contribution >= 0.6 is 0 Å². The van der Waals surface area contributed by atoms with Gasteiger partial charge in [-0.1, -0.05) is 12.1 Å². The predicted octanol–water partition coefficient (Wildman–Crippen LogP) is 2.05. The summed E-state index contributed by atoms with van der Waals surface area (Å²) in [6.07, 6.45) is 0. The second kappa shape index (κ2) is 5.38. The third kappa shape index (κ3) is 3.77. The number of rotatable bonds is 4. The van der Waals surface area contributed by atoms with Crippen molar-refractivity contribution in [1.82, 2.24) is 0 Å². The maximum atomic E-state index is 12.9. The maximum absolute atomic E-state index is 12.9. The molecule has 0 spiro atoms. The van der Waals surface area contributed by atoms with Crippen molar-refractivity contribution < 1.29 is 17.5 Å². The van der Waals surface area contributed by atoms with E-state index >= 15 is 0 Å². The summed E-state index contributed by atoms with van der Waals surface area (Å²) in [5, 5.41) is 4.98. The molecule has 0 aliphatic carbocycles. The summed E-state index contributed by atoms with van der Waals surface area (Å²) in [6.45, 7) is 0.201. The quantitative estimate of drug-likeness (QED) is 0.932. The Morgan fingerprint density at radius 3 is 2.37 bits per heavy atom. The lowest BCUT2D eigenvalue weighted by atomic mass is 10.2. The zero-order chi connectivity index (χ0) is 13.9. The van der Waals surface area contributed by atoms with E-state index in [1.54, 1.807) is 12.1 Å². The average molecular weight is 281 g/mol. The van der Waals surface area contributed by atoms with Crippen LogP contribution in [0, 0.1) is 5.82 Å². The second-order valence-electron chi connectivity index (χ2n) is 3.94. The van der Waals surface area contributed by atoms with Crippen LogP contribution in [0.1, 0.15) is 5.56 Å². The van der Waals surface area contributed by atoms with Gasteiger partial charge >= 0.3 is 0 Å². The van der Waals surface area contributed by atoms with Crippen molar-refractivity contribution >= 4 is 10.0 Å². The second-order valence-corrected chi connectivity index (χ2v) is 5.50.